The van der Waals surface area contributed by atoms with Crippen molar-refractivity contribution in [3.8, 4) is 0 Å². The summed E-state index contributed by atoms with van der Waals surface area (Å²) in [5, 5.41) is 5.53. The van der Waals surface area contributed by atoms with E-state index in [2.05, 4.69) is 15.6 Å². The summed E-state index contributed by atoms with van der Waals surface area (Å²) in [5.74, 6) is 0. The van der Waals surface area contributed by atoms with Gasteiger partial charge in [0.1, 0.15) is 0 Å². The molecular formula is C14H15N3O. The van der Waals surface area contributed by atoms with E-state index in [4.69, 9.17) is 0 Å². The van der Waals surface area contributed by atoms with Gasteiger partial charge in [0, 0.05) is 12.7 Å². The van der Waals surface area contributed by atoms with E-state index in [0.717, 1.165) is 11.1 Å². The average molecular weight is 241 g/mol. The average Bonchev–Trinajstić information content (AvgIpc) is 2.38. The summed E-state index contributed by atoms with van der Waals surface area (Å²) in [6, 6.07) is 11.4. The molecule has 0 atom stereocenters. The Hall–Kier alpha value is -2.36. The standard InChI is InChI=1S/C14H15N3O/c1-11-7-13(10-15-8-11)17-14(18)16-9-12-5-3-2-4-6-12/h2-8,10H,9H2,1H3,(H2,16,17,18). The predicted octanol–water partition coefficient (Wildman–Crippen LogP) is 2.71. The molecule has 0 spiro atoms. The monoisotopic (exact) mass is 241 g/mol. The molecule has 0 saturated heterocycles. The number of carbonyl (C=O) groups is 1. The molecule has 1 heterocycles. The maximum atomic E-state index is 11.6. The topological polar surface area (TPSA) is 54.0 Å². The minimum atomic E-state index is -0.230. The first-order valence-corrected chi connectivity index (χ1v) is 5.74. The second kappa shape index (κ2) is 5.82. The van der Waals surface area contributed by atoms with E-state index < -0.39 is 0 Å². The lowest BCUT2D eigenvalue weighted by Gasteiger charge is -2.07. The summed E-state index contributed by atoms with van der Waals surface area (Å²) in [6.07, 6.45) is 3.36. The summed E-state index contributed by atoms with van der Waals surface area (Å²) < 4.78 is 0. The van der Waals surface area contributed by atoms with Gasteiger partial charge in [0.2, 0.25) is 0 Å². The van der Waals surface area contributed by atoms with Gasteiger partial charge in [-0.25, -0.2) is 4.79 Å². The molecule has 0 fully saturated rings. The Bertz CT molecular complexity index is 526. The minimum absolute atomic E-state index is 0.230. The van der Waals surface area contributed by atoms with Crippen LogP contribution >= 0.6 is 0 Å². The number of benzene rings is 1. The number of nitrogens with one attached hydrogen (secondary N) is 2. The summed E-state index contributed by atoms with van der Waals surface area (Å²) in [5.41, 5.74) is 2.77. The molecule has 2 N–H and O–H groups in total. The molecule has 2 rings (SSSR count). The summed E-state index contributed by atoms with van der Waals surface area (Å²) in [4.78, 5) is 15.7. The molecule has 1 aromatic carbocycles. The molecule has 18 heavy (non-hydrogen) atoms. The number of urea groups is 1. The van der Waals surface area contributed by atoms with Gasteiger partial charge in [-0.15, -0.1) is 0 Å². The number of rotatable bonds is 3. The second-order valence-corrected chi connectivity index (χ2v) is 4.04. The van der Waals surface area contributed by atoms with Crippen LogP contribution < -0.4 is 10.6 Å². The third kappa shape index (κ3) is 3.59. The Labute approximate surface area is 106 Å². The number of aromatic nitrogens is 1. The summed E-state index contributed by atoms with van der Waals surface area (Å²) in [6.45, 7) is 2.44. The van der Waals surface area contributed by atoms with Gasteiger partial charge >= 0.3 is 6.03 Å². The van der Waals surface area contributed by atoms with Gasteiger partial charge in [0.05, 0.1) is 11.9 Å². The van der Waals surface area contributed by atoms with Gasteiger partial charge in [-0.3, -0.25) is 4.98 Å². The molecule has 4 nitrogen and oxygen atoms in total. The smallest absolute Gasteiger partial charge is 0.319 e. The number of carbonyl (C=O) groups excluding carboxylic acids is 1. The molecule has 0 radical (unpaired) electrons. The van der Waals surface area contributed by atoms with E-state index in [0.29, 0.717) is 12.2 Å². The number of pyridine rings is 1. The molecule has 0 bridgehead atoms. The highest BCUT2D eigenvalue weighted by Gasteiger charge is 2.01. The molecular weight excluding hydrogens is 226 g/mol. The predicted molar refractivity (Wildman–Crippen MR) is 71.3 cm³/mol. The van der Waals surface area contributed by atoms with Crippen molar-refractivity contribution in [2.75, 3.05) is 5.32 Å². The zero-order valence-corrected chi connectivity index (χ0v) is 10.2. The SMILES string of the molecule is Cc1cncc(NC(=O)NCc2ccccc2)c1. The van der Waals surface area contributed by atoms with Crippen LogP contribution in [-0.4, -0.2) is 11.0 Å². The highest BCUT2D eigenvalue weighted by molar-refractivity contribution is 5.89. The van der Waals surface area contributed by atoms with Crippen LogP contribution in [0.3, 0.4) is 0 Å². The number of anilines is 1. The molecule has 4 heteroatoms. The Kier molecular flexibility index (Phi) is 3.91. The van der Waals surface area contributed by atoms with E-state index >= 15 is 0 Å². The van der Waals surface area contributed by atoms with Crippen LogP contribution in [-0.2, 0) is 6.54 Å². The Morgan fingerprint density at radius 3 is 2.72 bits per heavy atom. The molecule has 92 valence electrons. The van der Waals surface area contributed by atoms with Gasteiger partial charge in [-0.1, -0.05) is 30.3 Å². The van der Waals surface area contributed by atoms with Crippen molar-refractivity contribution in [1.29, 1.82) is 0 Å². The molecule has 2 amide bonds. The van der Waals surface area contributed by atoms with Gasteiger partial charge in [-0.05, 0) is 24.1 Å². The van der Waals surface area contributed by atoms with Crippen molar-refractivity contribution in [2.24, 2.45) is 0 Å². The highest BCUT2D eigenvalue weighted by Crippen LogP contribution is 2.06. The fourth-order valence-corrected chi connectivity index (χ4v) is 1.58. The van der Waals surface area contributed by atoms with Gasteiger partial charge in [0.15, 0.2) is 0 Å². The van der Waals surface area contributed by atoms with Crippen molar-refractivity contribution < 1.29 is 4.79 Å². The summed E-state index contributed by atoms with van der Waals surface area (Å²) >= 11 is 0. The summed E-state index contributed by atoms with van der Waals surface area (Å²) in [7, 11) is 0. The molecule has 0 unspecified atom stereocenters. The Morgan fingerprint density at radius 2 is 2.00 bits per heavy atom. The van der Waals surface area contributed by atoms with Crippen LogP contribution in [0.1, 0.15) is 11.1 Å². The van der Waals surface area contributed by atoms with Gasteiger partial charge in [-0.2, -0.15) is 0 Å². The lowest BCUT2D eigenvalue weighted by Crippen LogP contribution is -2.28. The first kappa shape index (κ1) is 12.1. The largest absolute Gasteiger partial charge is 0.334 e. The normalized spacial score (nSPS) is 9.83. The third-order valence-electron chi connectivity index (χ3n) is 2.43. The van der Waals surface area contributed by atoms with E-state index in [1.54, 1.807) is 12.4 Å². The van der Waals surface area contributed by atoms with E-state index in [1.165, 1.54) is 0 Å². The molecule has 0 aliphatic rings. The third-order valence-corrected chi connectivity index (χ3v) is 2.43. The van der Waals surface area contributed by atoms with E-state index in [-0.39, 0.29) is 6.03 Å². The first-order chi connectivity index (χ1) is 8.74. The van der Waals surface area contributed by atoms with Crippen LogP contribution in [0, 0.1) is 6.92 Å². The lowest BCUT2D eigenvalue weighted by molar-refractivity contribution is 0.251. The number of hydrogen-bond donors (Lipinski definition) is 2. The highest BCUT2D eigenvalue weighted by atomic mass is 16.2. The fraction of sp³-hybridized carbons (Fsp3) is 0.143. The van der Waals surface area contributed by atoms with Crippen molar-refractivity contribution in [3.63, 3.8) is 0 Å². The molecule has 0 aliphatic heterocycles. The zero-order valence-electron chi connectivity index (χ0n) is 10.2. The quantitative estimate of drug-likeness (QED) is 0.868. The number of nitrogens with zero attached hydrogens (tertiary/aromatic N) is 1. The maximum absolute atomic E-state index is 11.6. The number of hydrogen-bond acceptors (Lipinski definition) is 2. The van der Waals surface area contributed by atoms with Crippen molar-refractivity contribution in [3.05, 3.63) is 59.9 Å². The van der Waals surface area contributed by atoms with Crippen LogP contribution in [0.4, 0.5) is 10.5 Å². The van der Waals surface area contributed by atoms with E-state index in [1.807, 2.05) is 43.3 Å². The van der Waals surface area contributed by atoms with Gasteiger partial charge in [0.25, 0.3) is 0 Å². The Balaban J connectivity index is 1.86. The minimum Gasteiger partial charge on any atom is -0.334 e. The van der Waals surface area contributed by atoms with Crippen LogP contribution in [0.25, 0.3) is 0 Å². The first-order valence-electron chi connectivity index (χ1n) is 5.74. The molecule has 0 aliphatic carbocycles. The number of amides is 2. The molecule has 0 saturated carbocycles. The number of aryl methyl sites for hydroxylation is 1. The zero-order chi connectivity index (χ0) is 12.8. The van der Waals surface area contributed by atoms with Crippen LogP contribution in [0.15, 0.2) is 48.8 Å². The van der Waals surface area contributed by atoms with Gasteiger partial charge < -0.3 is 10.6 Å². The molecule has 2 aromatic rings. The van der Waals surface area contributed by atoms with Crippen molar-refractivity contribution in [1.82, 2.24) is 10.3 Å². The lowest BCUT2D eigenvalue weighted by atomic mass is 10.2. The van der Waals surface area contributed by atoms with Crippen molar-refractivity contribution >= 4 is 11.7 Å². The fourth-order valence-electron chi connectivity index (χ4n) is 1.58. The maximum Gasteiger partial charge on any atom is 0.319 e. The van der Waals surface area contributed by atoms with E-state index in [9.17, 15) is 4.79 Å². The second-order valence-electron chi connectivity index (χ2n) is 4.04. The Morgan fingerprint density at radius 1 is 1.22 bits per heavy atom. The molecule has 1 aromatic heterocycles. The van der Waals surface area contributed by atoms with Crippen LogP contribution in [0.5, 0.6) is 0 Å². The van der Waals surface area contributed by atoms with Crippen LogP contribution in [0.2, 0.25) is 0 Å². The van der Waals surface area contributed by atoms with Crippen molar-refractivity contribution in [2.45, 2.75) is 13.5 Å².